The quantitative estimate of drug-likeness (QED) is 0.731. The molecule has 0 bridgehead atoms. The van der Waals surface area contributed by atoms with Crippen molar-refractivity contribution in [3.05, 3.63) is 29.6 Å². The minimum atomic E-state index is 0.620. The maximum absolute atomic E-state index is 5.76. The average molecular weight is 289 g/mol. The monoisotopic (exact) mass is 289 g/mol. The van der Waals surface area contributed by atoms with Crippen LogP contribution in [0.1, 0.15) is 11.4 Å². The highest BCUT2D eigenvalue weighted by Crippen LogP contribution is 2.33. The van der Waals surface area contributed by atoms with Crippen LogP contribution in [-0.4, -0.2) is 20.2 Å². The second-order valence-electron chi connectivity index (χ2n) is 4.07. The number of aromatic nitrogens is 4. The molecule has 0 aliphatic rings. The van der Waals surface area contributed by atoms with Gasteiger partial charge in [-0.3, -0.25) is 0 Å². The topological polar surface area (TPSA) is 77.6 Å². The summed E-state index contributed by atoms with van der Waals surface area (Å²) in [7, 11) is 0. The lowest BCUT2D eigenvalue weighted by Crippen LogP contribution is -1.97. The molecule has 2 N–H and O–H groups in total. The van der Waals surface area contributed by atoms with Gasteiger partial charge in [-0.1, -0.05) is 0 Å². The van der Waals surface area contributed by atoms with Crippen LogP contribution in [0.4, 0.5) is 5.69 Å². The summed E-state index contributed by atoms with van der Waals surface area (Å²) < 4.78 is 1.96. The molecule has 0 spiro atoms. The molecule has 96 valence electrons. The van der Waals surface area contributed by atoms with Gasteiger partial charge < -0.3 is 5.73 Å². The Kier molecular flexibility index (Phi) is 3.08. The normalized spacial score (nSPS) is 11.1. The van der Waals surface area contributed by atoms with E-state index in [2.05, 4.69) is 20.2 Å². The number of anilines is 1. The van der Waals surface area contributed by atoms with E-state index in [0.717, 1.165) is 31.6 Å². The van der Waals surface area contributed by atoms with E-state index >= 15 is 0 Å². The fraction of sp³-hybridized carbons (Fsp3) is 0.167. The van der Waals surface area contributed by atoms with E-state index in [1.165, 1.54) is 11.8 Å². The molecule has 5 nitrogen and oxygen atoms in total. The van der Waals surface area contributed by atoms with E-state index in [-0.39, 0.29) is 0 Å². The predicted octanol–water partition coefficient (Wildman–Crippen LogP) is 2.83. The van der Waals surface area contributed by atoms with Crippen molar-refractivity contribution < 1.29 is 0 Å². The van der Waals surface area contributed by atoms with Gasteiger partial charge in [-0.25, -0.2) is 9.97 Å². The van der Waals surface area contributed by atoms with Crippen molar-refractivity contribution in [1.29, 1.82) is 0 Å². The number of fused-ring (bicyclic) bond motifs is 1. The first-order chi connectivity index (χ1) is 9.11. The smallest absolute Gasteiger partial charge is 0.216 e. The summed E-state index contributed by atoms with van der Waals surface area (Å²) in [5.41, 5.74) is 9.19. The van der Waals surface area contributed by atoms with Crippen molar-refractivity contribution in [3.63, 3.8) is 0 Å². The van der Waals surface area contributed by atoms with Crippen LogP contribution in [0, 0.1) is 13.8 Å². The molecule has 0 fully saturated rings. The number of aryl methyl sites for hydroxylation is 2. The van der Waals surface area contributed by atoms with Gasteiger partial charge in [-0.15, -0.1) is 16.4 Å². The first-order valence-electron chi connectivity index (χ1n) is 5.63. The van der Waals surface area contributed by atoms with Gasteiger partial charge >= 0.3 is 0 Å². The molecule has 19 heavy (non-hydrogen) atoms. The molecule has 0 aliphatic carbocycles. The number of rotatable bonds is 2. The third kappa shape index (κ3) is 2.52. The summed E-state index contributed by atoms with van der Waals surface area (Å²) in [6.07, 6.45) is 0. The Morgan fingerprint density at radius 2 is 1.95 bits per heavy atom. The number of nitrogen functional groups attached to an aromatic ring is 1. The molecular formula is C12H11N5S2. The Morgan fingerprint density at radius 1 is 1.11 bits per heavy atom. The highest BCUT2D eigenvalue weighted by molar-refractivity contribution is 8.01. The minimum absolute atomic E-state index is 0.620. The SMILES string of the molecule is Cc1nnc(Sc2nc3ccc(N)cc3s2)nc1C. The van der Waals surface area contributed by atoms with Crippen LogP contribution in [0.25, 0.3) is 10.2 Å². The van der Waals surface area contributed by atoms with Crippen LogP contribution in [0.15, 0.2) is 27.7 Å². The molecule has 0 aliphatic heterocycles. The Labute approximate surface area is 118 Å². The van der Waals surface area contributed by atoms with Gasteiger partial charge in [0, 0.05) is 5.69 Å². The zero-order valence-corrected chi connectivity index (χ0v) is 12.0. The number of nitrogens with zero attached hydrogens (tertiary/aromatic N) is 4. The largest absolute Gasteiger partial charge is 0.399 e. The molecular weight excluding hydrogens is 278 g/mol. The lowest BCUT2D eigenvalue weighted by Gasteiger charge is -1.98. The molecule has 0 saturated carbocycles. The Balaban J connectivity index is 1.94. The molecule has 0 unspecified atom stereocenters. The van der Waals surface area contributed by atoms with Gasteiger partial charge in [0.1, 0.15) is 0 Å². The molecule has 0 atom stereocenters. The highest BCUT2D eigenvalue weighted by Gasteiger charge is 2.09. The van der Waals surface area contributed by atoms with E-state index in [0.29, 0.717) is 5.16 Å². The van der Waals surface area contributed by atoms with Crippen molar-refractivity contribution >= 4 is 39.0 Å². The first kappa shape index (κ1) is 12.3. The fourth-order valence-corrected chi connectivity index (χ4v) is 3.49. The van der Waals surface area contributed by atoms with Crippen LogP contribution >= 0.6 is 23.1 Å². The zero-order valence-electron chi connectivity index (χ0n) is 10.4. The number of hydrogen-bond donors (Lipinski definition) is 1. The number of thiazole rings is 1. The summed E-state index contributed by atoms with van der Waals surface area (Å²) in [5.74, 6) is 0. The number of hydrogen-bond acceptors (Lipinski definition) is 7. The first-order valence-corrected chi connectivity index (χ1v) is 7.27. The Hall–Kier alpha value is -1.73. The molecule has 2 heterocycles. The highest BCUT2D eigenvalue weighted by atomic mass is 32.2. The molecule has 0 saturated heterocycles. The lowest BCUT2D eigenvalue weighted by atomic mass is 10.3. The van der Waals surface area contributed by atoms with Gasteiger partial charge in [0.05, 0.1) is 21.6 Å². The zero-order chi connectivity index (χ0) is 13.4. The summed E-state index contributed by atoms with van der Waals surface area (Å²) in [6, 6.07) is 5.70. The van der Waals surface area contributed by atoms with Crippen molar-refractivity contribution in [1.82, 2.24) is 20.2 Å². The second-order valence-corrected chi connectivity index (χ2v) is 6.32. The maximum Gasteiger partial charge on any atom is 0.216 e. The standard InChI is InChI=1S/C12H11N5S2/c1-6-7(2)16-17-11(14-6)19-12-15-9-4-3-8(13)5-10(9)18-12/h3-5H,13H2,1-2H3. The maximum atomic E-state index is 5.76. The van der Waals surface area contributed by atoms with Crippen LogP contribution in [0.5, 0.6) is 0 Å². The van der Waals surface area contributed by atoms with Gasteiger partial charge in [0.15, 0.2) is 4.34 Å². The summed E-state index contributed by atoms with van der Waals surface area (Å²) in [4.78, 5) is 8.91. The number of benzene rings is 1. The fourth-order valence-electron chi connectivity index (χ4n) is 1.52. The van der Waals surface area contributed by atoms with E-state index < -0.39 is 0 Å². The van der Waals surface area contributed by atoms with Crippen molar-refractivity contribution in [2.24, 2.45) is 0 Å². The average Bonchev–Trinajstić information content (AvgIpc) is 2.75. The molecule has 0 amide bonds. The van der Waals surface area contributed by atoms with Crippen LogP contribution in [-0.2, 0) is 0 Å². The van der Waals surface area contributed by atoms with Gasteiger partial charge in [0.25, 0.3) is 0 Å². The lowest BCUT2D eigenvalue weighted by molar-refractivity contribution is 0.789. The van der Waals surface area contributed by atoms with E-state index in [9.17, 15) is 0 Å². The molecule has 3 aromatic rings. The van der Waals surface area contributed by atoms with Crippen molar-refractivity contribution in [2.75, 3.05) is 5.73 Å². The van der Waals surface area contributed by atoms with Gasteiger partial charge in [-0.2, -0.15) is 5.10 Å². The summed E-state index contributed by atoms with van der Waals surface area (Å²) in [6.45, 7) is 3.82. The van der Waals surface area contributed by atoms with E-state index in [1.54, 1.807) is 11.3 Å². The van der Waals surface area contributed by atoms with Crippen molar-refractivity contribution in [3.8, 4) is 0 Å². The van der Waals surface area contributed by atoms with Crippen molar-refractivity contribution in [2.45, 2.75) is 23.3 Å². The molecule has 2 aromatic heterocycles. The third-order valence-electron chi connectivity index (χ3n) is 2.64. The minimum Gasteiger partial charge on any atom is -0.399 e. The number of nitrogens with two attached hydrogens (primary N) is 1. The van der Waals surface area contributed by atoms with E-state index in [4.69, 9.17) is 5.73 Å². The molecule has 1 aromatic carbocycles. The van der Waals surface area contributed by atoms with Gasteiger partial charge in [-0.05, 0) is 43.8 Å². The Morgan fingerprint density at radius 3 is 2.74 bits per heavy atom. The summed E-state index contributed by atoms with van der Waals surface area (Å²) in [5, 5.41) is 8.75. The molecule has 7 heteroatoms. The van der Waals surface area contributed by atoms with Crippen LogP contribution in [0.2, 0.25) is 0 Å². The van der Waals surface area contributed by atoms with E-state index in [1.807, 2.05) is 32.0 Å². The molecule has 3 rings (SSSR count). The molecule has 0 radical (unpaired) electrons. The summed E-state index contributed by atoms with van der Waals surface area (Å²) >= 11 is 3.00. The third-order valence-corrected chi connectivity index (χ3v) is 4.58. The van der Waals surface area contributed by atoms with Crippen LogP contribution in [0.3, 0.4) is 0 Å². The predicted molar refractivity (Wildman–Crippen MR) is 77.5 cm³/mol. The van der Waals surface area contributed by atoms with Crippen LogP contribution < -0.4 is 5.73 Å². The second kappa shape index (κ2) is 4.75. The van der Waals surface area contributed by atoms with Gasteiger partial charge in [0.2, 0.25) is 5.16 Å². The Bertz CT molecular complexity index is 753.